The van der Waals surface area contributed by atoms with Gasteiger partial charge in [0.05, 0.1) is 13.2 Å². The third-order valence-corrected chi connectivity index (χ3v) is 1.99. The SMILES string of the molecule is Nc1ccc(CCOCCNC=O)cc1. The monoisotopic (exact) mass is 208 g/mol. The zero-order valence-corrected chi connectivity index (χ0v) is 8.61. The standard InChI is InChI=1S/C11H16N2O2/c12-11-3-1-10(2-4-11)5-7-15-8-6-13-9-14/h1-4,9H,5-8,12H2,(H,13,14). The van der Waals surface area contributed by atoms with Crippen LogP contribution in [0.4, 0.5) is 5.69 Å². The minimum absolute atomic E-state index is 0.549. The van der Waals surface area contributed by atoms with E-state index in [0.717, 1.165) is 12.1 Å². The number of nitrogen functional groups attached to an aromatic ring is 1. The molecular weight excluding hydrogens is 192 g/mol. The van der Waals surface area contributed by atoms with Gasteiger partial charge in [0, 0.05) is 12.2 Å². The largest absolute Gasteiger partial charge is 0.399 e. The Morgan fingerprint density at radius 3 is 2.67 bits per heavy atom. The second kappa shape index (κ2) is 6.84. The molecule has 4 heteroatoms. The van der Waals surface area contributed by atoms with E-state index in [1.807, 2.05) is 24.3 Å². The first-order chi connectivity index (χ1) is 7.33. The number of benzene rings is 1. The maximum Gasteiger partial charge on any atom is 0.207 e. The van der Waals surface area contributed by atoms with E-state index < -0.39 is 0 Å². The molecule has 0 saturated carbocycles. The van der Waals surface area contributed by atoms with Crippen LogP contribution in [0.2, 0.25) is 0 Å². The van der Waals surface area contributed by atoms with Crippen molar-refractivity contribution in [1.82, 2.24) is 5.32 Å². The maximum absolute atomic E-state index is 9.91. The molecule has 1 rings (SSSR count). The summed E-state index contributed by atoms with van der Waals surface area (Å²) in [4.78, 5) is 9.91. The molecule has 0 unspecified atom stereocenters. The lowest BCUT2D eigenvalue weighted by Gasteiger charge is -2.04. The molecule has 1 amide bonds. The van der Waals surface area contributed by atoms with Crippen molar-refractivity contribution in [1.29, 1.82) is 0 Å². The summed E-state index contributed by atoms with van der Waals surface area (Å²) in [5.74, 6) is 0. The molecule has 0 heterocycles. The lowest BCUT2D eigenvalue weighted by atomic mass is 10.1. The van der Waals surface area contributed by atoms with Gasteiger partial charge in [-0.2, -0.15) is 0 Å². The first-order valence-corrected chi connectivity index (χ1v) is 4.92. The molecular formula is C11H16N2O2. The van der Waals surface area contributed by atoms with Crippen LogP contribution < -0.4 is 11.1 Å². The smallest absolute Gasteiger partial charge is 0.207 e. The molecule has 1 aromatic carbocycles. The zero-order valence-electron chi connectivity index (χ0n) is 8.61. The van der Waals surface area contributed by atoms with E-state index in [1.165, 1.54) is 5.56 Å². The Bertz CT molecular complexity index is 285. The topological polar surface area (TPSA) is 64.3 Å². The summed E-state index contributed by atoms with van der Waals surface area (Å²) < 4.78 is 5.32. The number of ether oxygens (including phenoxy) is 1. The summed E-state index contributed by atoms with van der Waals surface area (Å²) >= 11 is 0. The van der Waals surface area contributed by atoms with Crippen LogP contribution in [0.15, 0.2) is 24.3 Å². The van der Waals surface area contributed by atoms with Crippen LogP contribution in [0.1, 0.15) is 5.56 Å². The van der Waals surface area contributed by atoms with Crippen molar-refractivity contribution in [2.45, 2.75) is 6.42 Å². The van der Waals surface area contributed by atoms with Gasteiger partial charge in [-0.05, 0) is 24.1 Å². The second-order valence-electron chi connectivity index (χ2n) is 3.18. The Kier molecular flexibility index (Phi) is 5.25. The highest BCUT2D eigenvalue weighted by atomic mass is 16.5. The van der Waals surface area contributed by atoms with Crippen molar-refractivity contribution >= 4 is 12.1 Å². The van der Waals surface area contributed by atoms with E-state index in [4.69, 9.17) is 10.5 Å². The van der Waals surface area contributed by atoms with E-state index in [-0.39, 0.29) is 0 Å². The van der Waals surface area contributed by atoms with Gasteiger partial charge in [-0.1, -0.05) is 12.1 Å². The lowest BCUT2D eigenvalue weighted by molar-refractivity contribution is -0.109. The van der Waals surface area contributed by atoms with Gasteiger partial charge in [0.15, 0.2) is 0 Å². The summed E-state index contributed by atoms with van der Waals surface area (Å²) in [5, 5.41) is 2.53. The van der Waals surface area contributed by atoms with Crippen molar-refractivity contribution < 1.29 is 9.53 Å². The van der Waals surface area contributed by atoms with E-state index in [2.05, 4.69) is 5.32 Å². The van der Waals surface area contributed by atoms with Crippen LogP contribution in [0.5, 0.6) is 0 Å². The Balaban J connectivity index is 2.09. The van der Waals surface area contributed by atoms with Crippen molar-refractivity contribution in [2.75, 3.05) is 25.5 Å². The third-order valence-electron chi connectivity index (χ3n) is 1.99. The van der Waals surface area contributed by atoms with Gasteiger partial charge in [-0.25, -0.2) is 0 Å². The number of nitrogens with one attached hydrogen (secondary N) is 1. The molecule has 0 spiro atoms. The Labute approximate surface area is 89.4 Å². The fourth-order valence-corrected chi connectivity index (χ4v) is 1.17. The van der Waals surface area contributed by atoms with E-state index in [1.54, 1.807) is 0 Å². The van der Waals surface area contributed by atoms with Gasteiger partial charge in [0.25, 0.3) is 0 Å². The predicted octanol–water partition coefficient (Wildman–Crippen LogP) is 0.574. The number of anilines is 1. The van der Waals surface area contributed by atoms with Crippen LogP contribution in [0.3, 0.4) is 0 Å². The molecule has 0 radical (unpaired) electrons. The van der Waals surface area contributed by atoms with E-state index in [0.29, 0.717) is 26.2 Å². The summed E-state index contributed by atoms with van der Waals surface area (Å²) in [6, 6.07) is 7.73. The molecule has 1 aromatic rings. The molecule has 0 aromatic heterocycles. The van der Waals surface area contributed by atoms with E-state index >= 15 is 0 Å². The van der Waals surface area contributed by atoms with Crippen LogP contribution in [0.25, 0.3) is 0 Å². The highest BCUT2D eigenvalue weighted by molar-refractivity contribution is 5.45. The first-order valence-electron chi connectivity index (χ1n) is 4.92. The molecule has 4 nitrogen and oxygen atoms in total. The molecule has 0 atom stereocenters. The quantitative estimate of drug-likeness (QED) is 0.391. The van der Waals surface area contributed by atoms with Gasteiger partial charge in [-0.15, -0.1) is 0 Å². The molecule has 15 heavy (non-hydrogen) atoms. The van der Waals surface area contributed by atoms with Crippen molar-refractivity contribution in [2.24, 2.45) is 0 Å². The number of hydrogen-bond acceptors (Lipinski definition) is 3. The molecule has 0 aliphatic carbocycles. The van der Waals surface area contributed by atoms with Crippen molar-refractivity contribution in [3.05, 3.63) is 29.8 Å². The third kappa shape index (κ3) is 5.02. The number of carbonyl (C=O) groups is 1. The lowest BCUT2D eigenvalue weighted by Crippen LogP contribution is -2.18. The average Bonchev–Trinajstić information content (AvgIpc) is 2.26. The number of nitrogens with two attached hydrogens (primary N) is 1. The predicted molar refractivity (Wildman–Crippen MR) is 59.4 cm³/mol. The van der Waals surface area contributed by atoms with Crippen LogP contribution >= 0.6 is 0 Å². The molecule has 0 aliphatic rings. The minimum atomic E-state index is 0.549. The molecule has 0 saturated heterocycles. The summed E-state index contributed by atoms with van der Waals surface area (Å²) in [5.41, 5.74) is 7.54. The minimum Gasteiger partial charge on any atom is -0.399 e. The fraction of sp³-hybridized carbons (Fsp3) is 0.364. The number of amides is 1. The maximum atomic E-state index is 9.91. The highest BCUT2D eigenvalue weighted by Gasteiger charge is 1.93. The number of carbonyl (C=O) groups excluding carboxylic acids is 1. The molecule has 0 bridgehead atoms. The van der Waals surface area contributed by atoms with Crippen LogP contribution in [0, 0.1) is 0 Å². The van der Waals surface area contributed by atoms with Crippen molar-refractivity contribution in [3.63, 3.8) is 0 Å². The molecule has 3 N–H and O–H groups in total. The van der Waals surface area contributed by atoms with E-state index in [9.17, 15) is 4.79 Å². The fourth-order valence-electron chi connectivity index (χ4n) is 1.17. The Morgan fingerprint density at radius 2 is 2.00 bits per heavy atom. The van der Waals surface area contributed by atoms with Gasteiger partial charge in [0.2, 0.25) is 6.41 Å². The van der Waals surface area contributed by atoms with Gasteiger partial charge in [0.1, 0.15) is 0 Å². The van der Waals surface area contributed by atoms with Gasteiger partial charge in [-0.3, -0.25) is 4.79 Å². The van der Waals surface area contributed by atoms with Gasteiger partial charge < -0.3 is 15.8 Å². The average molecular weight is 208 g/mol. The first kappa shape index (κ1) is 11.5. The summed E-state index contributed by atoms with van der Waals surface area (Å²) in [6.07, 6.45) is 1.53. The normalized spacial score (nSPS) is 9.87. The zero-order chi connectivity index (χ0) is 10.9. The Morgan fingerprint density at radius 1 is 1.27 bits per heavy atom. The summed E-state index contributed by atoms with van der Waals surface area (Å²) in [7, 11) is 0. The number of rotatable bonds is 7. The molecule has 82 valence electrons. The number of hydrogen-bond donors (Lipinski definition) is 2. The highest BCUT2D eigenvalue weighted by Crippen LogP contribution is 2.05. The second-order valence-corrected chi connectivity index (χ2v) is 3.18. The van der Waals surface area contributed by atoms with Crippen LogP contribution in [-0.2, 0) is 16.0 Å². The summed E-state index contributed by atoms with van der Waals surface area (Å²) in [6.45, 7) is 1.77. The van der Waals surface area contributed by atoms with Crippen molar-refractivity contribution in [3.8, 4) is 0 Å². The van der Waals surface area contributed by atoms with Crippen LogP contribution in [-0.4, -0.2) is 26.2 Å². The van der Waals surface area contributed by atoms with Gasteiger partial charge >= 0.3 is 0 Å². The molecule has 0 aliphatic heterocycles. The molecule has 0 fully saturated rings. The Hall–Kier alpha value is -1.55.